The molecule has 0 radical (unpaired) electrons. The molecule has 1 aromatic carbocycles. The van der Waals surface area contributed by atoms with E-state index in [9.17, 15) is 4.79 Å². The quantitative estimate of drug-likeness (QED) is 0.757. The maximum absolute atomic E-state index is 11.8. The van der Waals surface area contributed by atoms with Crippen molar-refractivity contribution in [2.45, 2.75) is 52.0 Å². The first kappa shape index (κ1) is 15.7. The van der Waals surface area contributed by atoms with Crippen molar-refractivity contribution < 1.29 is 9.90 Å². The van der Waals surface area contributed by atoms with E-state index >= 15 is 0 Å². The van der Waals surface area contributed by atoms with Gasteiger partial charge >= 0.3 is 0 Å². The monoisotopic (exact) mass is 263 g/mol. The fourth-order valence-corrected chi connectivity index (χ4v) is 1.95. The minimum absolute atomic E-state index is 0.00179. The Balaban J connectivity index is 2.46. The summed E-state index contributed by atoms with van der Waals surface area (Å²) in [4.78, 5) is 11.8. The van der Waals surface area contributed by atoms with E-state index in [1.165, 1.54) is 18.4 Å². The van der Waals surface area contributed by atoms with Gasteiger partial charge in [-0.3, -0.25) is 4.79 Å². The second-order valence-electron chi connectivity index (χ2n) is 4.95. The highest BCUT2D eigenvalue weighted by Crippen LogP contribution is 2.08. The highest BCUT2D eigenvalue weighted by atomic mass is 16.3. The topological polar surface area (TPSA) is 49.3 Å². The summed E-state index contributed by atoms with van der Waals surface area (Å²) in [6, 6.07) is 8.11. The van der Waals surface area contributed by atoms with Crippen LogP contribution >= 0.6 is 0 Å². The van der Waals surface area contributed by atoms with Crippen LogP contribution in [0, 0.1) is 0 Å². The van der Waals surface area contributed by atoms with Crippen molar-refractivity contribution in [2.24, 2.45) is 0 Å². The average Bonchev–Trinajstić information content (AvgIpc) is 2.44. The maximum atomic E-state index is 11.8. The van der Waals surface area contributed by atoms with Gasteiger partial charge in [0.15, 0.2) is 0 Å². The van der Waals surface area contributed by atoms with Crippen LogP contribution in [0.25, 0.3) is 0 Å². The first-order valence-corrected chi connectivity index (χ1v) is 7.17. The number of aliphatic hydroxyl groups excluding tert-OH is 1. The Morgan fingerprint density at radius 1 is 1.21 bits per heavy atom. The molecule has 1 rings (SSSR count). The smallest absolute Gasteiger partial charge is 0.224 e. The molecular formula is C16H25NO2. The molecule has 0 saturated carbocycles. The van der Waals surface area contributed by atoms with Gasteiger partial charge in [0.1, 0.15) is 0 Å². The molecule has 2 N–H and O–H groups in total. The predicted octanol–water partition coefficient (Wildman–Crippen LogP) is 2.46. The molecule has 1 aromatic rings. The van der Waals surface area contributed by atoms with Crippen LogP contribution in [0.2, 0.25) is 0 Å². The second-order valence-corrected chi connectivity index (χ2v) is 4.95. The van der Waals surface area contributed by atoms with Crippen LogP contribution in [0.5, 0.6) is 0 Å². The van der Waals surface area contributed by atoms with Crippen LogP contribution in [0.3, 0.4) is 0 Å². The van der Waals surface area contributed by atoms with Gasteiger partial charge < -0.3 is 10.4 Å². The number of nitrogens with one attached hydrogen (secondary N) is 1. The number of aliphatic hydroxyl groups is 1. The number of amides is 1. The highest BCUT2D eigenvalue weighted by molar-refractivity contribution is 5.78. The summed E-state index contributed by atoms with van der Waals surface area (Å²) in [6.45, 7) is 4.13. The number of rotatable bonds is 8. The Labute approximate surface area is 116 Å². The van der Waals surface area contributed by atoms with Gasteiger partial charge in [0.25, 0.3) is 0 Å². The molecule has 0 fully saturated rings. The lowest BCUT2D eigenvalue weighted by Gasteiger charge is -2.14. The van der Waals surface area contributed by atoms with Gasteiger partial charge in [0.2, 0.25) is 5.91 Å². The van der Waals surface area contributed by atoms with E-state index in [1.807, 2.05) is 19.1 Å². The van der Waals surface area contributed by atoms with Crippen LogP contribution in [0.1, 0.15) is 44.2 Å². The third kappa shape index (κ3) is 5.88. The van der Waals surface area contributed by atoms with Crippen molar-refractivity contribution >= 4 is 5.91 Å². The van der Waals surface area contributed by atoms with Crippen LogP contribution < -0.4 is 5.32 Å². The molecule has 0 unspecified atom stereocenters. The fraction of sp³-hybridized carbons (Fsp3) is 0.562. The van der Waals surface area contributed by atoms with Gasteiger partial charge in [0.05, 0.1) is 19.1 Å². The fourth-order valence-electron chi connectivity index (χ4n) is 1.95. The molecule has 0 aliphatic carbocycles. The van der Waals surface area contributed by atoms with Gasteiger partial charge in [-0.1, -0.05) is 44.5 Å². The van der Waals surface area contributed by atoms with E-state index in [-0.39, 0.29) is 18.6 Å². The van der Waals surface area contributed by atoms with E-state index < -0.39 is 0 Å². The zero-order valence-electron chi connectivity index (χ0n) is 12.0. The molecule has 1 amide bonds. The minimum atomic E-state index is -0.128. The number of hydrogen-bond donors (Lipinski definition) is 2. The standard InChI is InChI=1S/C16H25NO2/c1-3-5-6-13-7-9-14(10-8-13)11-16(19)17-15(4-2)12-18/h7-10,15,18H,3-6,11-12H2,1-2H3,(H,17,19)/t15-/m1/s1. The number of carbonyl (C=O) groups excluding carboxylic acids is 1. The normalized spacial score (nSPS) is 12.2. The third-order valence-electron chi connectivity index (χ3n) is 3.28. The largest absolute Gasteiger partial charge is 0.394 e. The van der Waals surface area contributed by atoms with Crippen molar-refractivity contribution in [3.63, 3.8) is 0 Å². The molecule has 3 nitrogen and oxygen atoms in total. The Morgan fingerprint density at radius 2 is 1.84 bits per heavy atom. The minimum Gasteiger partial charge on any atom is -0.394 e. The SMILES string of the molecule is CCCCc1ccc(CC(=O)N[C@H](CC)CO)cc1. The molecule has 0 aliphatic heterocycles. The zero-order chi connectivity index (χ0) is 14.1. The molecule has 1 atom stereocenters. The molecule has 0 aliphatic rings. The van der Waals surface area contributed by atoms with Gasteiger partial charge in [-0.15, -0.1) is 0 Å². The number of benzene rings is 1. The summed E-state index contributed by atoms with van der Waals surface area (Å²) in [6.07, 6.45) is 4.63. The molecule has 106 valence electrons. The highest BCUT2D eigenvalue weighted by Gasteiger charge is 2.09. The van der Waals surface area contributed by atoms with Crippen molar-refractivity contribution in [2.75, 3.05) is 6.61 Å². The Hall–Kier alpha value is -1.35. The summed E-state index contributed by atoms with van der Waals surface area (Å²) >= 11 is 0. The predicted molar refractivity (Wildman–Crippen MR) is 78.1 cm³/mol. The van der Waals surface area contributed by atoms with Crippen LogP contribution in [-0.2, 0) is 17.6 Å². The van der Waals surface area contributed by atoms with Gasteiger partial charge in [-0.05, 0) is 30.4 Å². The summed E-state index contributed by atoms with van der Waals surface area (Å²) < 4.78 is 0. The lowest BCUT2D eigenvalue weighted by atomic mass is 10.0. The number of aryl methyl sites for hydroxylation is 1. The number of carbonyl (C=O) groups is 1. The summed E-state index contributed by atoms with van der Waals surface area (Å²) in [5, 5.41) is 11.9. The van der Waals surface area contributed by atoms with Crippen molar-refractivity contribution in [1.82, 2.24) is 5.32 Å². The Kier molecular flexibility index (Phi) is 7.19. The Bertz CT molecular complexity index is 369. The average molecular weight is 263 g/mol. The summed E-state index contributed by atoms with van der Waals surface area (Å²) in [5.41, 5.74) is 2.35. The molecule has 0 heterocycles. The molecule has 3 heteroatoms. The summed E-state index contributed by atoms with van der Waals surface area (Å²) in [5.74, 6) is -0.0257. The maximum Gasteiger partial charge on any atom is 0.224 e. The van der Waals surface area contributed by atoms with E-state index in [4.69, 9.17) is 5.11 Å². The van der Waals surface area contributed by atoms with Crippen LogP contribution in [0.15, 0.2) is 24.3 Å². The van der Waals surface area contributed by atoms with Crippen LogP contribution in [0.4, 0.5) is 0 Å². The molecule has 0 saturated heterocycles. The van der Waals surface area contributed by atoms with E-state index in [0.717, 1.165) is 18.4 Å². The van der Waals surface area contributed by atoms with Gasteiger partial charge in [-0.25, -0.2) is 0 Å². The van der Waals surface area contributed by atoms with Gasteiger partial charge in [-0.2, -0.15) is 0 Å². The second kappa shape index (κ2) is 8.70. The number of unbranched alkanes of at least 4 members (excludes halogenated alkanes) is 1. The third-order valence-corrected chi connectivity index (χ3v) is 3.28. The lowest BCUT2D eigenvalue weighted by molar-refractivity contribution is -0.121. The summed E-state index contributed by atoms with van der Waals surface area (Å²) in [7, 11) is 0. The van der Waals surface area contributed by atoms with Gasteiger partial charge in [0, 0.05) is 0 Å². The van der Waals surface area contributed by atoms with Crippen LogP contribution in [-0.4, -0.2) is 23.7 Å². The molecule has 0 aromatic heterocycles. The van der Waals surface area contributed by atoms with Crippen molar-refractivity contribution in [3.8, 4) is 0 Å². The molecule has 0 spiro atoms. The Morgan fingerprint density at radius 3 is 2.37 bits per heavy atom. The van der Waals surface area contributed by atoms with Crippen molar-refractivity contribution in [1.29, 1.82) is 0 Å². The van der Waals surface area contributed by atoms with E-state index in [2.05, 4.69) is 24.4 Å². The number of hydrogen-bond acceptors (Lipinski definition) is 2. The molecule has 19 heavy (non-hydrogen) atoms. The van der Waals surface area contributed by atoms with Crippen molar-refractivity contribution in [3.05, 3.63) is 35.4 Å². The molecule has 0 bridgehead atoms. The molecular weight excluding hydrogens is 238 g/mol. The lowest BCUT2D eigenvalue weighted by Crippen LogP contribution is -2.37. The van der Waals surface area contributed by atoms with E-state index in [1.54, 1.807) is 0 Å². The van der Waals surface area contributed by atoms with E-state index in [0.29, 0.717) is 6.42 Å². The first-order chi connectivity index (χ1) is 9.19. The first-order valence-electron chi connectivity index (χ1n) is 7.17. The zero-order valence-corrected chi connectivity index (χ0v) is 12.0.